The van der Waals surface area contributed by atoms with Crippen LogP contribution in [-0.2, 0) is 20.9 Å². The monoisotopic (exact) mass is 513 g/mol. The first-order chi connectivity index (χ1) is 18.2. The van der Waals surface area contributed by atoms with Crippen molar-refractivity contribution < 1.29 is 14.4 Å². The van der Waals surface area contributed by atoms with Crippen LogP contribution in [0.5, 0.6) is 0 Å². The third kappa shape index (κ3) is 6.03. The number of aromatic nitrogens is 4. The number of benzene rings is 2. The van der Waals surface area contributed by atoms with Crippen molar-refractivity contribution in [3.63, 3.8) is 0 Å². The number of para-hydroxylation sites is 1. The second-order valence-electron chi connectivity index (χ2n) is 9.64. The van der Waals surface area contributed by atoms with E-state index in [-0.39, 0.29) is 24.3 Å². The molecule has 0 radical (unpaired) electrons. The van der Waals surface area contributed by atoms with Crippen LogP contribution in [0.4, 0.5) is 11.4 Å². The third-order valence-corrected chi connectivity index (χ3v) is 6.29. The number of hydrogen-bond donors (Lipinski definition) is 2. The number of carbonyl (C=O) groups is 3. The van der Waals surface area contributed by atoms with Crippen LogP contribution in [0.2, 0.25) is 0 Å². The summed E-state index contributed by atoms with van der Waals surface area (Å²) in [7, 11) is 0. The van der Waals surface area contributed by atoms with E-state index in [9.17, 15) is 14.4 Å². The highest BCUT2D eigenvalue weighted by Crippen LogP contribution is 2.30. The minimum Gasteiger partial charge on any atom is -0.349 e. The van der Waals surface area contributed by atoms with E-state index in [1.54, 1.807) is 48.8 Å². The third-order valence-electron chi connectivity index (χ3n) is 6.29. The number of nitrogens with zero attached hydrogens (tertiary/aromatic N) is 5. The highest BCUT2D eigenvalue weighted by Gasteiger charge is 2.35. The van der Waals surface area contributed by atoms with Crippen molar-refractivity contribution >= 4 is 40.1 Å². The zero-order chi connectivity index (χ0) is 27.3. The van der Waals surface area contributed by atoms with Gasteiger partial charge in [-0.25, -0.2) is 4.68 Å². The van der Waals surface area contributed by atoms with E-state index in [1.807, 2.05) is 45.0 Å². The number of pyridine rings is 1. The fourth-order valence-electron chi connectivity index (χ4n) is 4.03. The summed E-state index contributed by atoms with van der Waals surface area (Å²) in [5, 5.41) is 14.1. The predicted molar refractivity (Wildman–Crippen MR) is 145 cm³/mol. The molecule has 10 heteroatoms. The molecule has 0 aliphatic rings. The molecule has 196 valence electrons. The zero-order valence-corrected chi connectivity index (χ0v) is 21.9. The number of amides is 3. The number of anilines is 2. The normalized spacial score (nSPS) is 12.1. The van der Waals surface area contributed by atoms with Crippen LogP contribution >= 0.6 is 0 Å². The Balaban J connectivity index is 1.80. The van der Waals surface area contributed by atoms with Gasteiger partial charge in [0, 0.05) is 41.8 Å². The Kier molecular flexibility index (Phi) is 7.80. The van der Waals surface area contributed by atoms with E-state index in [0.29, 0.717) is 34.4 Å². The minimum absolute atomic E-state index is 0.144. The first kappa shape index (κ1) is 26.5. The highest BCUT2D eigenvalue weighted by atomic mass is 16.2. The average Bonchev–Trinajstić information content (AvgIpc) is 3.30. The SMILES string of the molecule is CCC(C)(C)NC(=O)[C@@H](c1cccnc1)N(C(=O)Cn1nnc2ccccc21)c1ccc(NC(C)=O)cc1. The first-order valence-electron chi connectivity index (χ1n) is 12.4. The van der Waals surface area contributed by atoms with E-state index in [1.165, 1.54) is 16.5 Å². The van der Waals surface area contributed by atoms with Gasteiger partial charge in [0.05, 0.1) is 5.52 Å². The molecule has 2 aromatic heterocycles. The summed E-state index contributed by atoms with van der Waals surface area (Å²) in [4.78, 5) is 45.1. The van der Waals surface area contributed by atoms with E-state index in [4.69, 9.17) is 0 Å². The van der Waals surface area contributed by atoms with Gasteiger partial charge in [0.1, 0.15) is 18.1 Å². The molecule has 2 aromatic carbocycles. The smallest absolute Gasteiger partial charge is 0.249 e. The molecule has 3 amide bonds. The molecule has 0 spiro atoms. The van der Waals surface area contributed by atoms with Crippen molar-refractivity contribution in [3.8, 4) is 0 Å². The van der Waals surface area contributed by atoms with Gasteiger partial charge < -0.3 is 10.6 Å². The maximum absolute atomic E-state index is 14.0. The van der Waals surface area contributed by atoms with E-state index in [0.717, 1.165) is 0 Å². The number of fused-ring (bicyclic) bond motifs is 1. The van der Waals surface area contributed by atoms with E-state index < -0.39 is 11.6 Å². The summed E-state index contributed by atoms with van der Waals surface area (Å²) in [6, 6.07) is 16.6. The number of hydrogen-bond acceptors (Lipinski definition) is 6. The van der Waals surface area contributed by atoms with Gasteiger partial charge in [0.2, 0.25) is 17.7 Å². The molecule has 4 aromatic rings. The van der Waals surface area contributed by atoms with E-state index in [2.05, 4.69) is 25.9 Å². The summed E-state index contributed by atoms with van der Waals surface area (Å²) in [5.74, 6) is -0.919. The van der Waals surface area contributed by atoms with Crippen molar-refractivity contribution in [1.29, 1.82) is 0 Å². The van der Waals surface area contributed by atoms with Crippen LogP contribution in [0.3, 0.4) is 0 Å². The lowest BCUT2D eigenvalue weighted by molar-refractivity contribution is -0.128. The lowest BCUT2D eigenvalue weighted by Gasteiger charge is -2.34. The van der Waals surface area contributed by atoms with Crippen LogP contribution in [-0.4, -0.2) is 43.2 Å². The van der Waals surface area contributed by atoms with Crippen LogP contribution in [0, 0.1) is 0 Å². The summed E-state index contributed by atoms with van der Waals surface area (Å²) < 4.78 is 1.52. The molecular weight excluding hydrogens is 482 g/mol. The highest BCUT2D eigenvalue weighted by molar-refractivity contribution is 6.02. The Morgan fingerprint density at radius 2 is 1.76 bits per heavy atom. The molecule has 0 aliphatic carbocycles. The van der Waals surface area contributed by atoms with Crippen molar-refractivity contribution in [3.05, 3.63) is 78.6 Å². The molecule has 4 rings (SSSR count). The van der Waals surface area contributed by atoms with Crippen molar-refractivity contribution in [2.24, 2.45) is 0 Å². The second-order valence-corrected chi connectivity index (χ2v) is 9.64. The maximum Gasteiger partial charge on any atom is 0.249 e. The predicted octanol–water partition coefficient (Wildman–Crippen LogP) is 3.86. The van der Waals surface area contributed by atoms with Crippen molar-refractivity contribution in [2.45, 2.75) is 52.2 Å². The van der Waals surface area contributed by atoms with Gasteiger partial charge in [0.15, 0.2) is 0 Å². The fraction of sp³-hybridized carbons (Fsp3) is 0.286. The van der Waals surface area contributed by atoms with Gasteiger partial charge in [0.25, 0.3) is 0 Å². The zero-order valence-electron chi connectivity index (χ0n) is 21.9. The molecule has 0 bridgehead atoms. The molecule has 0 aliphatic heterocycles. The quantitative estimate of drug-likeness (QED) is 0.350. The lowest BCUT2D eigenvalue weighted by atomic mass is 9.99. The van der Waals surface area contributed by atoms with Crippen LogP contribution in [0.1, 0.15) is 45.7 Å². The van der Waals surface area contributed by atoms with Crippen LogP contribution in [0.15, 0.2) is 73.1 Å². The lowest BCUT2D eigenvalue weighted by Crippen LogP contribution is -2.51. The summed E-state index contributed by atoms with van der Waals surface area (Å²) >= 11 is 0. The van der Waals surface area contributed by atoms with Gasteiger partial charge >= 0.3 is 0 Å². The molecule has 38 heavy (non-hydrogen) atoms. The Hall–Kier alpha value is -4.60. The van der Waals surface area contributed by atoms with Gasteiger partial charge in [-0.15, -0.1) is 5.10 Å². The van der Waals surface area contributed by atoms with Crippen LogP contribution < -0.4 is 15.5 Å². The van der Waals surface area contributed by atoms with Gasteiger partial charge in [-0.2, -0.15) is 0 Å². The molecule has 2 N–H and O–H groups in total. The number of nitrogens with one attached hydrogen (secondary N) is 2. The molecule has 1 atom stereocenters. The largest absolute Gasteiger partial charge is 0.349 e. The maximum atomic E-state index is 14.0. The summed E-state index contributed by atoms with van der Waals surface area (Å²) in [6.45, 7) is 7.13. The molecule has 0 fully saturated rings. The average molecular weight is 514 g/mol. The molecule has 2 heterocycles. The minimum atomic E-state index is -1.01. The molecular formula is C28H31N7O3. The first-order valence-corrected chi connectivity index (χ1v) is 12.4. The van der Waals surface area contributed by atoms with Gasteiger partial charge in [-0.1, -0.05) is 30.3 Å². The fourth-order valence-corrected chi connectivity index (χ4v) is 4.03. The molecule has 0 saturated carbocycles. The van der Waals surface area contributed by atoms with Gasteiger partial charge in [-0.3, -0.25) is 24.3 Å². The summed E-state index contributed by atoms with van der Waals surface area (Å²) in [5.41, 5.74) is 2.48. The number of carbonyl (C=O) groups excluding carboxylic acids is 3. The molecule has 0 saturated heterocycles. The molecule has 0 unspecified atom stereocenters. The Morgan fingerprint density at radius 1 is 1.03 bits per heavy atom. The topological polar surface area (TPSA) is 122 Å². The van der Waals surface area contributed by atoms with Crippen molar-refractivity contribution in [2.75, 3.05) is 10.2 Å². The van der Waals surface area contributed by atoms with E-state index >= 15 is 0 Å². The standard InChI is InChI=1S/C28H31N7O3/c1-5-28(3,4)31-27(38)26(20-9-8-16-29-17-20)35(22-14-12-21(13-15-22)30-19(2)36)25(37)18-34-24-11-7-6-10-23(24)32-33-34/h6-17,26H,5,18H2,1-4H3,(H,30,36)(H,31,38)/t26-/m1/s1. The second kappa shape index (κ2) is 11.2. The number of rotatable bonds is 9. The Bertz CT molecular complexity index is 1430. The Morgan fingerprint density at radius 3 is 2.42 bits per heavy atom. The van der Waals surface area contributed by atoms with Crippen molar-refractivity contribution in [1.82, 2.24) is 25.3 Å². The Labute approximate surface area is 221 Å². The van der Waals surface area contributed by atoms with Gasteiger partial charge in [-0.05, 0) is 62.7 Å². The van der Waals surface area contributed by atoms with Crippen LogP contribution in [0.25, 0.3) is 11.0 Å². The molecule has 10 nitrogen and oxygen atoms in total. The summed E-state index contributed by atoms with van der Waals surface area (Å²) in [6.07, 6.45) is 3.90.